The third-order valence-electron chi connectivity index (χ3n) is 5.37. The molecule has 0 unspecified atom stereocenters. The van der Waals surface area contributed by atoms with Gasteiger partial charge in [0.15, 0.2) is 11.6 Å². The lowest BCUT2D eigenvalue weighted by atomic mass is 10.0. The first-order chi connectivity index (χ1) is 14.2. The predicted octanol–water partition coefficient (Wildman–Crippen LogP) is 3.26. The average molecular weight is 387 g/mol. The normalized spacial score (nSPS) is 17.6. The van der Waals surface area contributed by atoms with Gasteiger partial charge in [-0.25, -0.2) is 14.8 Å². The molecule has 1 saturated heterocycles. The summed E-state index contributed by atoms with van der Waals surface area (Å²) in [7, 11) is 0. The van der Waals surface area contributed by atoms with Crippen molar-refractivity contribution in [3.05, 3.63) is 54.7 Å². The van der Waals surface area contributed by atoms with Crippen molar-refractivity contribution < 1.29 is 4.79 Å². The average Bonchev–Trinajstić information content (AvgIpc) is 2.74. The maximum Gasteiger partial charge on any atom is 0.327 e. The van der Waals surface area contributed by atoms with Crippen molar-refractivity contribution in [3.63, 3.8) is 0 Å². The van der Waals surface area contributed by atoms with E-state index in [4.69, 9.17) is 4.98 Å². The number of fused-ring (bicyclic) bond motifs is 4. The van der Waals surface area contributed by atoms with E-state index in [-0.39, 0.29) is 12.1 Å². The van der Waals surface area contributed by atoms with Gasteiger partial charge in [0.1, 0.15) is 0 Å². The fourth-order valence-electron chi connectivity index (χ4n) is 4.03. The SMILES string of the molecule is Cc1cc(-c2ncc3c(n2)N(C(=O)Nc2cccnc2)[C@H]2CCCN3C2)ccn1. The van der Waals surface area contributed by atoms with E-state index in [1.165, 1.54) is 0 Å². The van der Waals surface area contributed by atoms with E-state index in [9.17, 15) is 4.79 Å². The summed E-state index contributed by atoms with van der Waals surface area (Å²) >= 11 is 0. The third kappa shape index (κ3) is 3.26. The van der Waals surface area contributed by atoms with E-state index in [1.54, 1.807) is 29.6 Å². The van der Waals surface area contributed by atoms with E-state index in [1.807, 2.05) is 31.3 Å². The minimum Gasteiger partial charge on any atom is -0.365 e. The first kappa shape index (κ1) is 17.5. The zero-order chi connectivity index (χ0) is 19.8. The Morgan fingerprint density at radius 3 is 2.97 bits per heavy atom. The third-order valence-corrected chi connectivity index (χ3v) is 5.37. The van der Waals surface area contributed by atoms with Crippen molar-refractivity contribution in [1.29, 1.82) is 0 Å². The summed E-state index contributed by atoms with van der Waals surface area (Å²) in [6.45, 7) is 3.69. The van der Waals surface area contributed by atoms with E-state index in [2.05, 4.69) is 25.2 Å². The molecule has 29 heavy (non-hydrogen) atoms. The van der Waals surface area contributed by atoms with Gasteiger partial charge in [-0.15, -0.1) is 0 Å². The highest BCUT2D eigenvalue weighted by atomic mass is 16.2. The number of rotatable bonds is 2. The number of nitrogens with one attached hydrogen (secondary N) is 1. The van der Waals surface area contributed by atoms with Gasteiger partial charge in [0, 0.05) is 36.7 Å². The molecule has 0 saturated carbocycles. The Bertz CT molecular complexity index is 1060. The first-order valence-electron chi connectivity index (χ1n) is 9.74. The summed E-state index contributed by atoms with van der Waals surface area (Å²) in [6, 6.07) is 7.35. The van der Waals surface area contributed by atoms with Crippen LogP contribution >= 0.6 is 0 Å². The lowest BCUT2D eigenvalue weighted by molar-refractivity contribution is 0.252. The number of hydrogen-bond donors (Lipinski definition) is 1. The summed E-state index contributed by atoms with van der Waals surface area (Å²) in [5.74, 6) is 1.25. The minimum absolute atomic E-state index is 0.0786. The maximum absolute atomic E-state index is 13.2. The van der Waals surface area contributed by atoms with Crippen LogP contribution in [0.4, 0.5) is 22.0 Å². The first-order valence-corrected chi connectivity index (χ1v) is 9.74. The number of piperidine rings is 1. The highest BCUT2D eigenvalue weighted by molar-refractivity contribution is 6.04. The van der Waals surface area contributed by atoms with Crippen molar-refractivity contribution >= 4 is 23.2 Å². The topological polar surface area (TPSA) is 87.1 Å². The quantitative estimate of drug-likeness (QED) is 0.726. The van der Waals surface area contributed by atoms with Crippen LogP contribution in [0, 0.1) is 6.92 Å². The molecular weight excluding hydrogens is 366 g/mol. The Balaban J connectivity index is 1.56. The zero-order valence-electron chi connectivity index (χ0n) is 16.1. The van der Waals surface area contributed by atoms with Crippen LogP contribution in [0.1, 0.15) is 18.5 Å². The summed E-state index contributed by atoms with van der Waals surface area (Å²) in [5.41, 5.74) is 3.35. The molecule has 0 spiro atoms. The summed E-state index contributed by atoms with van der Waals surface area (Å²) < 4.78 is 0. The van der Waals surface area contributed by atoms with E-state index < -0.39 is 0 Å². The Kier molecular flexibility index (Phi) is 4.31. The number of anilines is 3. The van der Waals surface area contributed by atoms with Gasteiger partial charge in [-0.05, 0) is 44.0 Å². The van der Waals surface area contributed by atoms with Crippen LogP contribution in [0.5, 0.6) is 0 Å². The van der Waals surface area contributed by atoms with Gasteiger partial charge in [0.2, 0.25) is 0 Å². The molecule has 0 aliphatic carbocycles. The molecule has 5 rings (SSSR count). The Hall–Kier alpha value is -3.55. The number of aryl methyl sites for hydroxylation is 1. The van der Waals surface area contributed by atoms with Gasteiger partial charge in [0.25, 0.3) is 0 Å². The van der Waals surface area contributed by atoms with Crippen LogP contribution in [-0.2, 0) is 0 Å². The van der Waals surface area contributed by atoms with Crippen molar-refractivity contribution in [2.45, 2.75) is 25.8 Å². The second kappa shape index (κ2) is 7.12. The monoisotopic (exact) mass is 387 g/mol. The fraction of sp³-hybridized carbons (Fsp3) is 0.286. The van der Waals surface area contributed by atoms with E-state index in [0.717, 1.165) is 42.9 Å². The number of urea groups is 1. The molecule has 0 aromatic carbocycles. The molecule has 2 amide bonds. The molecule has 8 heteroatoms. The number of pyridine rings is 2. The summed E-state index contributed by atoms with van der Waals surface area (Å²) in [4.78, 5) is 35.0. The molecule has 2 bridgehead atoms. The van der Waals surface area contributed by atoms with E-state index in [0.29, 0.717) is 17.3 Å². The zero-order valence-corrected chi connectivity index (χ0v) is 16.1. The van der Waals surface area contributed by atoms with Gasteiger partial charge in [0.05, 0.1) is 29.8 Å². The van der Waals surface area contributed by atoms with Crippen LogP contribution in [0.25, 0.3) is 11.4 Å². The molecule has 3 aromatic heterocycles. The Morgan fingerprint density at radius 1 is 1.21 bits per heavy atom. The molecule has 1 fully saturated rings. The lowest BCUT2D eigenvalue weighted by Gasteiger charge is -2.45. The van der Waals surface area contributed by atoms with Crippen LogP contribution < -0.4 is 15.1 Å². The van der Waals surface area contributed by atoms with Crippen LogP contribution in [0.2, 0.25) is 0 Å². The van der Waals surface area contributed by atoms with Gasteiger partial charge in [-0.2, -0.15) is 0 Å². The molecule has 146 valence electrons. The van der Waals surface area contributed by atoms with Crippen LogP contribution in [0.15, 0.2) is 49.1 Å². The number of amides is 2. The smallest absolute Gasteiger partial charge is 0.327 e. The second-order valence-corrected chi connectivity index (χ2v) is 7.37. The van der Waals surface area contributed by atoms with Crippen molar-refractivity contribution in [2.24, 2.45) is 0 Å². The molecule has 0 radical (unpaired) electrons. The number of carbonyl (C=O) groups is 1. The molecular formula is C21H21N7O. The number of aromatic nitrogens is 4. The molecule has 5 heterocycles. The molecule has 3 aromatic rings. The Labute approximate surface area is 168 Å². The fourth-order valence-corrected chi connectivity index (χ4v) is 4.03. The lowest BCUT2D eigenvalue weighted by Crippen LogP contribution is -2.56. The van der Waals surface area contributed by atoms with Gasteiger partial charge < -0.3 is 10.2 Å². The highest BCUT2D eigenvalue weighted by Gasteiger charge is 2.38. The molecule has 2 aliphatic rings. The summed E-state index contributed by atoms with van der Waals surface area (Å²) in [5, 5.41) is 2.96. The number of nitrogens with zero attached hydrogens (tertiary/aromatic N) is 6. The van der Waals surface area contributed by atoms with Gasteiger partial charge in [-0.1, -0.05) is 0 Å². The molecule has 8 nitrogen and oxygen atoms in total. The van der Waals surface area contributed by atoms with Crippen LogP contribution in [-0.4, -0.2) is 45.1 Å². The molecule has 2 aliphatic heterocycles. The Morgan fingerprint density at radius 2 is 2.14 bits per heavy atom. The highest BCUT2D eigenvalue weighted by Crippen LogP contribution is 2.38. The minimum atomic E-state index is -0.193. The number of carbonyl (C=O) groups excluding carboxylic acids is 1. The van der Waals surface area contributed by atoms with E-state index >= 15 is 0 Å². The molecule has 1 atom stereocenters. The number of hydrogen-bond acceptors (Lipinski definition) is 6. The van der Waals surface area contributed by atoms with Gasteiger partial charge in [-0.3, -0.25) is 14.9 Å². The summed E-state index contributed by atoms with van der Waals surface area (Å²) in [6.07, 6.45) is 8.89. The maximum atomic E-state index is 13.2. The van der Waals surface area contributed by atoms with Crippen molar-refractivity contribution in [1.82, 2.24) is 19.9 Å². The van der Waals surface area contributed by atoms with Crippen molar-refractivity contribution in [3.8, 4) is 11.4 Å². The predicted molar refractivity (Wildman–Crippen MR) is 111 cm³/mol. The van der Waals surface area contributed by atoms with Crippen LogP contribution in [0.3, 0.4) is 0 Å². The second-order valence-electron chi connectivity index (χ2n) is 7.37. The van der Waals surface area contributed by atoms with Gasteiger partial charge >= 0.3 is 6.03 Å². The van der Waals surface area contributed by atoms with Crippen molar-refractivity contribution in [2.75, 3.05) is 28.2 Å². The molecule has 1 N–H and O–H groups in total. The standard InChI is InChI=1S/C21H21N7O/c1-14-10-15(6-8-23-14)19-24-12-18-20(26-19)28(17-5-3-9-27(18)13-17)21(29)25-16-4-2-7-22-11-16/h2,4,6-8,10-12,17H,3,5,9,13H2,1H3,(H,25,29)/t17-/m0/s1. The largest absolute Gasteiger partial charge is 0.365 e.